The quantitative estimate of drug-likeness (QED) is 0.626. The largest absolute Gasteiger partial charge is 0.446 e. The number of rotatable bonds is 6. The molecule has 0 aliphatic heterocycles. The van der Waals surface area contributed by atoms with Gasteiger partial charge in [-0.15, -0.1) is 0 Å². The number of alkyl carbamates (subject to hydrolysis) is 1. The van der Waals surface area contributed by atoms with Crippen LogP contribution in [0.4, 0.5) is 22.2 Å². The van der Waals surface area contributed by atoms with E-state index in [-0.39, 0.29) is 18.2 Å². The van der Waals surface area contributed by atoms with Crippen LogP contribution in [-0.4, -0.2) is 45.5 Å². The Morgan fingerprint density at radius 3 is 2.77 bits per heavy atom. The van der Waals surface area contributed by atoms with E-state index in [1.54, 1.807) is 19.4 Å². The van der Waals surface area contributed by atoms with E-state index in [1.807, 2.05) is 19.9 Å². The molecule has 9 heteroatoms. The zero-order valence-electron chi connectivity index (χ0n) is 15.2. The second-order valence-corrected chi connectivity index (χ2v) is 6.72. The van der Waals surface area contributed by atoms with Gasteiger partial charge in [0.15, 0.2) is 5.82 Å². The molecule has 1 saturated carbocycles. The highest BCUT2D eigenvalue weighted by Crippen LogP contribution is 2.36. The molecule has 2 aromatic rings. The van der Waals surface area contributed by atoms with Gasteiger partial charge in [-0.1, -0.05) is 0 Å². The molecule has 1 aliphatic carbocycles. The van der Waals surface area contributed by atoms with Crippen molar-refractivity contribution in [1.82, 2.24) is 25.5 Å². The van der Waals surface area contributed by atoms with Gasteiger partial charge in [-0.25, -0.2) is 14.8 Å². The molecule has 0 saturated heterocycles. The van der Waals surface area contributed by atoms with Crippen molar-refractivity contribution in [3.63, 3.8) is 0 Å². The number of hydrogen-bond donors (Lipinski definition) is 4. The minimum atomic E-state index is -0.345. The molecule has 2 aromatic heterocycles. The Morgan fingerprint density at radius 2 is 2.08 bits per heavy atom. The smallest absolute Gasteiger partial charge is 0.407 e. The summed E-state index contributed by atoms with van der Waals surface area (Å²) in [6.07, 6.45) is 5.61. The predicted molar refractivity (Wildman–Crippen MR) is 98.6 cm³/mol. The van der Waals surface area contributed by atoms with E-state index >= 15 is 0 Å². The number of nitrogens with one attached hydrogen (secondary N) is 4. The van der Waals surface area contributed by atoms with Gasteiger partial charge in [0.25, 0.3) is 0 Å². The van der Waals surface area contributed by atoms with Crippen molar-refractivity contribution in [2.75, 3.05) is 17.7 Å². The van der Waals surface area contributed by atoms with Gasteiger partial charge in [0.2, 0.25) is 5.95 Å². The summed E-state index contributed by atoms with van der Waals surface area (Å²) in [7, 11) is 1.77. The number of aromatic amines is 1. The molecular weight excluding hydrogens is 334 g/mol. The van der Waals surface area contributed by atoms with Crippen molar-refractivity contribution in [3.8, 4) is 0 Å². The average molecular weight is 359 g/mol. The van der Waals surface area contributed by atoms with E-state index in [0.29, 0.717) is 17.7 Å². The molecule has 1 amide bonds. The van der Waals surface area contributed by atoms with Gasteiger partial charge in [0.05, 0.1) is 18.1 Å². The molecule has 9 nitrogen and oxygen atoms in total. The Morgan fingerprint density at radius 1 is 1.31 bits per heavy atom. The first kappa shape index (κ1) is 18.0. The maximum atomic E-state index is 11.7. The SMILES string of the molecule is CNc1ncc(Nc2cc([C@H]3CC[C@@H](OC(=O)NC(C)C)C3)[nH]n2)cn1. The molecule has 3 rings (SSSR count). The van der Waals surface area contributed by atoms with Crippen LogP contribution in [0.2, 0.25) is 0 Å². The topological polar surface area (TPSA) is 117 Å². The van der Waals surface area contributed by atoms with Gasteiger partial charge in [-0.05, 0) is 33.1 Å². The molecular formula is C17H25N7O2. The van der Waals surface area contributed by atoms with Crippen molar-refractivity contribution >= 4 is 23.5 Å². The predicted octanol–water partition coefficient (Wildman–Crippen LogP) is 2.76. The maximum absolute atomic E-state index is 11.7. The Bertz CT molecular complexity index is 729. The molecule has 0 radical (unpaired) electrons. The van der Waals surface area contributed by atoms with Crippen LogP contribution in [0.25, 0.3) is 0 Å². The summed E-state index contributed by atoms with van der Waals surface area (Å²) in [6.45, 7) is 3.82. The van der Waals surface area contributed by atoms with Gasteiger partial charge in [0.1, 0.15) is 6.10 Å². The van der Waals surface area contributed by atoms with Crippen molar-refractivity contribution in [2.45, 2.75) is 51.2 Å². The highest BCUT2D eigenvalue weighted by Gasteiger charge is 2.30. The van der Waals surface area contributed by atoms with E-state index in [1.165, 1.54) is 0 Å². The lowest BCUT2D eigenvalue weighted by Crippen LogP contribution is -2.33. The molecule has 1 fully saturated rings. The number of H-pyrrole nitrogens is 1. The van der Waals surface area contributed by atoms with E-state index < -0.39 is 0 Å². The van der Waals surface area contributed by atoms with Crippen LogP contribution in [0.1, 0.15) is 44.7 Å². The monoisotopic (exact) mass is 359 g/mol. The molecule has 1 aliphatic rings. The Balaban J connectivity index is 1.54. The zero-order valence-corrected chi connectivity index (χ0v) is 15.2. The normalized spacial score (nSPS) is 19.4. The number of carbonyl (C=O) groups excluding carboxylic acids is 1. The van der Waals surface area contributed by atoms with Gasteiger partial charge >= 0.3 is 6.09 Å². The van der Waals surface area contributed by atoms with Crippen molar-refractivity contribution in [3.05, 3.63) is 24.2 Å². The summed E-state index contributed by atoms with van der Waals surface area (Å²) in [5, 5.41) is 16.2. The lowest BCUT2D eigenvalue weighted by molar-refractivity contribution is 0.0981. The second-order valence-electron chi connectivity index (χ2n) is 6.72. The molecule has 2 atom stereocenters. The molecule has 4 N–H and O–H groups in total. The fraction of sp³-hybridized carbons (Fsp3) is 0.529. The van der Waals surface area contributed by atoms with Crippen LogP contribution in [0.3, 0.4) is 0 Å². The molecule has 2 heterocycles. The van der Waals surface area contributed by atoms with E-state index in [2.05, 4.69) is 36.1 Å². The van der Waals surface area contributed by atoms with E-state index in [9.17, 15) is 4.79 Å². The highest BCUT2D eigenvalue weighted by molar-refractivity contribution is 5.67. The van der Waals surface area contributed by atoms with Crippen molar-refractivity contribution in [1.29, 1.82) is 0 Å². The highest BCUT2D eigenvalue weighted by atomic mass is 16.6. The molecule has 0 spiro atoms. The number of nitrogens with zero attached hydrogens (tertiary/aromatic N) is 3. The summed E-state index contributed by atoms with van der Waals surface area (Å²) < 4.78 is 5.48. The van der Waals surface area contributed by atoms with Crippen molar-refractivity contribution < 1.29 is 9.53 Å². The number of amides is 1. The first-order valence-electron chi connectivity index (χ1n) is 8.82. The maximum Gasteiger partial charge on any atom is 0.407 e. The summed E-state index contributed by atoms with van der Waals surface area (Å²) in [4.78, 5) is 20.0. The van der Waals surface area contributed by atoms with Gasteiger partial charge in [-0.2, -0.15) is 5.10 Å². The molecule has 0 aromatic carbocycles. The van der Waals surface area contributed by atoms with Gasteiger partial charge in [-0.3, -0.25) is 5.10 Å². The van der Waals surface area contributed by atoms with Crippen LogP contribution in [-0.2, 0) is 4.74 Å². The molecule has 140 valence electrons. The van der Waals surface area contributed by atoms with Gasteiger partial charge in [0, 0.05) is 30.8 Å². The summed E-state index contributed by atoms with van der Waals surface area (Å²) in [5.74, 6) is 1.58. The van der Waals surface area contributed by atoms with Crippen LogP contribution >= 0.6 is 0 Å². The van der Waals surface area contributed by atoms with E-state index in [0.717, 1.165) is 30.6 Å². The fourth-order valence-corrected chi connectivity index (χ4v) is 3.03. The number of carbonyl (C=O) groups is 1. The first-order chi connectivity index (χ1) is 12.5. The number of anilines is 3. The van der Waals surface area contributed by atoms with Crippen LogP contribution in [0.5, 0.6) is 0 Å². The third kappa shape index (κ3) is 4.62. The van der Waals surface area contributed by atoms with E-state index in [4.69, 9.17) is 4.74 Å². The third-order valence-corrected chi connectivity index (χ3v) is 4.25. The number of hydrogen-bond acceptors (Lipinski definition) is 7. The summed E-state index contributed by atoms with van der Waals surface area (Å²) in [6, 6.07) is 2.06. The van der Waals surface area contributed by atoms with Crippen LogP contribution < -0.4 is 16.0 Å². The molecule has 26 heavy (non-hydrogen) atoms. The lowest BCUT2D eigenvalue weighted by Gasteiger charge is -2.14. The lowest BCUT2D eigenvalue weighted by atomic mass is 10.0. The molecule has 0 unspecified atom stereocenters. The van der Waals surface area contributed by atoms with Crippen LogP contribution in [0.15, 0.2) is 18.5 Å². The zero-order chi connectivity index (χ0) is 18.5. The van der Waals surface area contributed by atoms with Crippen molar-refractivity contribution in [2.24, 2.45) is 0 Å². The Labute approximate surface area is 152 Å². The standard InChI is InChI=1S/C17H25N7O2/c1-10(2)21-17(25)26-13-5-4-11(6-13)14-7-15(24-23-14)22-12-8-19-16(18-3)20-9-12/h7-11,13H,4-6H2,1-3H3,(H,21,25)(H,18,19,20)(H2,22,23,24)/t11-,13+/m0/s1. The summed E-state index contributed by atoms with van der Waals surface area (Å²) in [5.41, 5.74) is 1.80. The Kier molecular flexibility index (Phi) is 5.55. The van der Waals surface area contributed by atoms with Crippen LogP contribution in [0, 0.1) is 0 Å². The molecule has 0 bridgehead atoms. The summed E-state index contributed by atoms with van der Waals surface area (Å²) >= 11 is 0. The fourth-order valence-electron chi connectivity index (χ4n) is 3.03. The van der Waals surface area contributed by atoms with Gasteiger partial charge < -0.3 is 20.7 Å². The minimum Gasteiger partial charge on any atom is -0.446 e. The second kappa shape index (κ2) is 8.03. The minimum absolute atomic E-state index is 0.0547. The Hall–Kier alpha value is -2.84. The third-order valence-electron chi connectivity index (χ3n) is 4.25. The number of aromatic nitrogens is 4. The average Bonchev–Trinajstić information content (AvgIpc) is 3.24. The first-order valence-corrected chi connectivity index (χ1v) is 8.82. The number of ether oxygens (including phenoxy) is 1.